The summed E-state index contributed by atoms with van der Waals surface area (Å²) in [5, 5.41) is 0. The fourth-order valence-corrected chi connectivity index (χ4v) is 5.11. The minimum Gasteiger partial charge on any atom is -0.300 e. The second-order valence-electron chi connectivity index (χ2n) is 7.13. The Bertz CT molecular complexity index is 440. The lowest BCUT2D eigenvalue weighted by Gasteiger charge is -2.46. The summed E-state index contributed by atoms with van der Waals surface area (Å²) in [6, 6.07) is 0. The molecule has 3 heteroatoms. The van der Waals surface area contributed by atoms with Gasteiger partial charge in [0, 0.05) is 31.6 Å². The maximum atomic E-state index is 12.2. The van der Waals surface area contributed by atoms with E-state index in [4.69, 9.17) is 0 Å². The first-order chi connectivity index (χ1) is 9.56. The molecule has 0 aromatic carbocycles. The van der Waals surface area contributed by atoms with Gasteiger partial charge in [0.1, 0.15) is 17.3 Å². The van der Waals surface area contributed by atoms with E-state index in [1.54, 1.807) is 6.92 Å². The molecule has 0 amide bonds. The van der Waals surface area contributed by atoms with Gasteiger partial charge in [0.15, 0.2) is 0 Å². The molecule has 0 N–H and O–H groups in total. The van der Waals surface area contributed by atoms with Crippen LogP contribution in [-0.4, -0.2) is 17.3 Å². The second-order valence-corrected chi connectivity index (χ2v) is 7.13. The molecule has 0 radical (unpaired) electrons. The monoisotopic (exact) mass is 276 g/mol. The number of hydrogen-bond donors (Lipinski definition) is 0. The van der Waals surface area contributed by atoms with E-state index in [2.05, 4.69) is 0 Å². The first-order valence-corrected chi connectivity index (χ1v) is 8.10. The van der Waals surface area contributed by atoms with Gasteiger partial charge < -0.3 is 4.79 Å². The third-order valence-electron chi connectivity index (χ3n) is 5.99. The molecular formula is C17H24O3. The van der Waals surface area contributed by atoms with E-state index in [-0.39, 0.29) is 11.7 Å². The molecule has 0 heterocycles. The standard InChI is InChI=1S/C17H24O3/c1-10(18)2-4-15-13-5-3-11-8-12(19)9-16(11)14(13)6-7-17(15)20/h11,13-16H,2-9H2,1H3/t11-,13+,14-,15-,16?/m0/s1. The Hall–Kier alpha value is -0.990. The van der Waals surface area contributed by atoms with Crippen LogP contribution in [0.15, 0.2) is 0 Å². The molecule has 3 nitrogen and oxygen atoms in total. The average Bonchev–Trinajstić information content (AvgIpc) is 2.77. The largest absolute Gasteiger partial charge is 0.300 e. The summed E-state index contributed by atoms with van der Waals surface area (Å²) >= 11 is 0. The highest BCUT2D eigenvalue weighted by Gasteiger charge is 2.49. The lowest BCUT2D eigenvalue weighted by Crippen LogP contribution is -2.42. The average molecular weight is 276 g/mol. The molecule has 0 aromatic heterocycles. The van der Waals surface area contributed by atoms with Crippen LogP contribution < -0.4 is 0 Å². The normalized spacial score (nSPS) is 40.4. The number of carbonyl (C=O) groups excluding carboxylic acids is 3. The van der Waals surface area contributed by atoms with E-state index < -0.39 is 0 Å². The Morgan fingerprint density at radius 1 is 1.05 bits per heavy atom. The van der Waals surface area contributed by atoms with Crippen molar-refractivity contribution in [3.8, 4) is 0 Å². The van der Waals surface area contributed by atoms with E-state index in [0.717, 1.165) is 38.5 Å². The first-order valence-electron chi connectivity index (χ1n) is 8.10. The first kappa shape index (κ1) is 14.0. The molecule has 3 fully saturated rings. The van der Waals surface area contributed by atoms with Crippen molar-refractivity contribution in [2.45, 2.75) is 58.3 Å². The van der Waals surface area contributed by atoms with Crippen LogP contribution in [0.3, 0.4) is 0 Å². The smallest absolute Gasteiger partial charge is 0.136 e. The number of ketones is 3. The van der Waals surface area contributed by atoms with Crippen LogP contribution in [0.4, 0.5) is 0 Å². The van der Waals surface area contributed by atoms with Crippen molar-refractivity contribution in [3.05, 3.63) is 0 Å². The summed E-state index contributed by atoms with van der Waals surface area (Å²) < 4.78 is 0. The summed E-state index contributed by atoms with van der Waals surface area (Å²) in [7, 11) is 0. The lowest BCUT2D eigenvalue weighted by molar-refractivity contribution is -0.132. The Kier molecular flexibility index (Phi) is 3.78. The fraction of sp³-hybridized carbons (Fsp3) is 0.824. The summed E-state index contributed by atoms with van der Waals surface area (Å²) in [5.41, 5.74) is 0. The molecule has 0 bridgehead atoms. The summed E-state index contributed by atoms with van der Waals surface area (Å²) in [5.74, 6) is 3.21. The van der Waals surface area contributed by atoms with Gasteiger partial charge in [-0.1, -0.05) is 0 Å². The predicted octanol–water partition coefficient (Wildman–Crippen LogP) is 2.96. The summed E-state index contributed by atoms with van der Waals surface area (Å²) in [6.07, 6.45) is 6.65. The van der Waals surface area contributed by atoms with Crippen molar-refractivity contribution < 1.29 is 14.4 Å². The second kappa shape index (κ2) is 5.42. The molecule has 20 heavy (non-hydrogen) atoms. The molecule has 1 unspecified atom stereocenters. The number of fused-ring (bicyclic) bond motifs is 3. The van der Waals surface area contributed by atoms with Crippen LogP contribution in [0, 0.1) is 29.6 Å². The van der Waals surface area contributed by atoms with Crippen molar-refractivity contribution in [2.24, 2.45) is 29.6 Å². The maximum absolute atomic E-state index is 12.2. The quantitative estimate of drug-likeness (QED) is 0.796. The van der Waals surface area contributed by atoms with Crippen LogP contribution in [0.5, 0.6) is 0 Å². The van der Waals surface area contributed by atoms with E-state index in [0.29, 0.717) is 48.1 Å². The maximum Gasteiger partial charge on any atom is 0.136 e. The van der Waals surface area contributed by atoms with Crippen LogP contribution in [0.1, 0.15) is 58.3 Å². The molecule has 5 atom stereocenters. The van der Waals surface area contributed by atoms with Gasteiger partial charge in [-0.05, 0) is 56.3 Å². The lowest BCUT2D eigenvalue weighted by atomic mass is 9.58. The molecule has 3 saturated carbocycles. The molecule has 0 saturated heterocycles. The van der Waals surface area contributed by atoms with Gasteiger partial charge in [-0.3, -0.25) is 9.59 Å². The summed E-state index contributed by atoms with van der Waals surface area (Å²) in [4.78, 5) is 35.2. The molecule has 3 aliphatic carbocycles. The summed E-state index contributed by atoms with van der Waals surface area (Å²) in [6.45, 7) is 1.61. The van der Waals surface area contributed by atoms with Crippen molar-refractivity contribution in [1.29, 1.82) is 0 Å². The zero-order valence-electron chi connectivity index (χ0n) is 12.3. The van der Waals surface area contributed by atoms with E-state index in [9.17, 15) is 14.4 Å². The number of carbonyl (C=O) groups is 3. The van der Waals surface area contributed by atoms with Crippen molar-refractivity contribution in [3.63, 3.8) is 0 Å². The molecule has 0 aliphatic heterocycles. The highest BCUT2D eigenvalue weighted by Crippen LogP contribution is 2.53. The number of rotatable bonds is 3. The zero-order valence-corrected chi connectivity index (χ0v) is 12.3. The minimum absolute atomic E-state index is 0.0919. The highest BCUT2D eigenvalue weighted by atomic mass is 16.1. The molecular weight excluding hydrogens is 252 g/mol. The van der Waals surface area contributed by atoms with Crippen molar-refractivity contribution >= 4 is 17.3 Å². The van der Waals surface area contributed by atoms with Gasteiger partial charge in [-0.2, -0.15) is 0 Å². The van der Waals surface area contributed by atoms with E-state index in [1.807, 2.05) is 0 Å². The Labute approximate surface area is 120 Å². The molecule has 3 rings (SSSR count). The molecule has 3 aliphatic rings. The van der Waals surface area contributed by atoms with Gasteiger partial charge in [-0.25, -0.2) is 0 Å². The number of Topliss-reactive ketones (excluding diaryl/α,β-unsaturated/α-hetero) is 3. The molecule has 0 aromatic rings. The predicted molar refractivity (Wildman–Crippen MR) is 75.1 cm³/mol. The molecule has 110 valence electrons. The number of hydrogen-bond acceptors (Lipinski definition) is 3. The van der Waals surface area contributed by atoms with Gasteiger partial charge >= 0.3 is 0 Å². The Balaban J connectivity index is 1.74. The van der Waals surface area contributed by atoms with Gasteiger partial charge in [0.2, 0.25) is 0 Å². The van der Waals surface area contributed by atoms with E-state index >= 15 is 0 Å². The minimum atomic E-state index is 0.0919. The van der Waals surface area contributed by atoms with Gasteiger partial charge in [0.05, 0.1) is 0 Å². The van der Waals surface area contributed by atoms with Crippen LogP contribution >= 0.6 is 0 Å². The highest BCUT2D eigenvalue weighted by molar-refractivity contribution is 5.84. The van der Waals surface area contributed by atoms with E-state index in [1.165, 1.54) is 0 Å². The third-order valence-corrected chi connectivity index (χ3v) is 5.99. The van der Waals surface area contributed by atoms with Crippen molar-refractivity contribution in [2.75, 3.05) is 0 Å². The van der Waals surface area contributed by atoms with Crippen LogP contribution in [0.2, 0.25) is 0 Å². The van der Waals surface area contributed by atoms with Crippen molar-refractivity contribution in [1.82, 2.24) is 0 Å². The molecule has 0 spiro atoms. The Morgan fingerprint density at radius 2 is 1.85 bits per heavy atom. The topological polar surface area (TPSA) is 51.2 Å². The SMILES string of the molecule is CC(=O)CC[C@@H]1C(=O)CC[C@@H]2C3CC(=O)C[C@@H]3CC[C@@H]12. The third kappa shape index (κ3) is 2.47. The van der Waals surface area contributed by atoms with Gasteiger partial charge in [0.25, 0.3) is 0 Å². The fourth-order valence-electron chi connectivity index (χ4n) is 5.11. The Morgan fingerprint density at radius 3 is 2.60 bits per heavy atom. The van der Waals surface area contributed by atoms with Crippen LogP contribution in [0.25, 0.3) is 0 Å². The zero-order chi connectivity index (χ0) is 14.3. The van der Waals surface area contributed by atoms with Crippen LogP contribution in [-0.2, 0) is 14.4 Å². The van der Waals surface area contributed by atoms with Gasteiger partial charge in [-0.15, -0.1) is 0 Å².